The average molecular weight is 447 g/mol. The van der Waals surface area contributed by atoms with Crippen molar-refractivity contribution < 1.29 is 9.18 Å². The van der Waals surface area contributed by atoms with E-state index in [0.29, 0.717) is 16.5 Å². The van der Waals surface area contributed by atoms with Gasteiger partial charge in [-0.3, -0.25) is 9.20 Å². The fourth-order valence-corrected chi connectivity index (χ4v) is 4.29. The Labute approximate surface area is 187 Å². The Kier molecular flexibility index (Phi) is 5.10. The topological polar surface area (TPSA) is 76.6 Å². The molecule has 0 aliphatic carbocycles. The van der Waals surface area contributed by atoms with E-state index in [0.717, 1.165) is 27.9 Å². The molecule has 160 valence electrons. The van der Waals surface area contributed by atoms with Gasteiger partial charge in [0.25, 0.3) is 0 Å². The van der Waals surface area contributed by atoms with Crippen LogP contribution in [0.3, 0.4) is 0 Å². The minimum Gasteiger partial charge on any atom is -0.325 e. The van der Waals surface area contributed by atoms with Gasteiger partial charge in [-0.2, -0.15) is 5.10 Å². The Morgan fingerprint density at radius 2 is 1.81 bits per heavy atom. The van der Waals surface area contributed by atoms with E-state index in [9.17, 15) is 9.18 Å². The van der Waals surface area contributed by atoms with Crippen molar-refractivity contribution in [2.45, 2.75) is 19.0 Å². The normalized spacial score (nSPS) is 11.3. The van der Waals surface area contributed by atoms with Crippen molar-refractivity contribution in [2.75, 3.05) is 11.1 Å². The van der Waals surface area contributed by atoms with Crippen LogP contribution < -0.4 is 5.32 Å². The molecule has 3 aromatic heterocycles. The van der Waals surface area contributed by atoms with E-state index >= 15 is 0 Å². The van der Waals surface area contributed by atoms with Crippen LogP contribution in [0.1, 0.15) is 11.1 Å². The van der Waals surface area contributed by atoms with Crippen molar-refractivity contribution in [2.24, 2.45) is 0 Å². The smallest absolute Gasteiger partial charge is 0.234 e. The van der Waals surface area contributed by atoms with Crippen LogP contribution >= 0.6 is 11.8 Å². The van der Waals surface area contributed by atoms with Crippen molar-refractivity contribution in [1.82, 2.24) is 24.2 Å². The first-order valence-corrected chi connectivity index (χ1v) is 11.0. The molecule has 32 heavy (non-hydrogen) atoms. The molecule has 0 saturated heterocycles. The first kappa shape index (κ1) is 20.2. The number of nitrogens with one attached hydrogen (secondary N) is 1. The molecule has 7 nitrogen and oxygen atoms in total. The van der Waals surface area contributed by atoms with Crippen molar-refractivity contribution in [1.29, 1.82) is 0 Å². The number of rotatable bonds is 5. The molecular formula is C23H19FN6OS. The lowest BCUT2D eigenvalue weighted by Gasteiger charge is -2.10. The largest absolute Gasteiger partial charge is 0.325 e. The summed E-state index contributed by atoms with van der Waals surface area (Å²) in [6.07, 6.45) is 3.62. The monoisotopic (exact) mass is 446 g/mol. The highest BCUT2D eigenvalue weighted by Gasteiger charge is 2.15. The van der Waals surface area contributed by atoms with Gasteiger partial charge in [-0.1, -0.05) is 30.0 Å². The number of nitrogens with zero attached hydrogens (tertiary/aromatic N) is 5. The summed E-state index contributed by atoms with van der Waals surface area (Å²) in [5.41, 5.74) is 5.82. The van der Waals surface area contributed by atoms with Crippen LogP contribution in [0.25, 0.3) is 22.4 Å². The van der Waals surface area contributed by atoms with Crippen LogP contribution in [0.4, 0.5) is 10.1 Å². The number of amides is 1. The molecule has 0 saturated carbocycles. The molecule has 0 atom stereocenters. The predicted molar refractivity (Wildman–Crippen MR) is 122 cm³/mol. The van der Waals surface area contributed by atoms with E-state index in [4.69, 9.17) is 0 Å². The molecule has 0 radical (unpaired) electrons. The quantitative estimate of drug-likeness (QED) is 0.402. The summed E-state index contributed by atoms with van der Waals surface area (Å²) >= 11 is 1.31. The molecule has 0 fully saturated rings. The molecule has 0 spiro atoms. The summed E-state index contributed by atoms with van der Waals surface area (Å²) < 4.78 is 16.8. The van der Waals surface area contributed by atoms with Crippen LogP contribution in [-0.4, -0.2) is 35.9 Å². The lowest BCUT2D eigenvalue weighted by molar-refractivity contribution is -0.113. The number of fused-ring (bicyclic) bond motifs is 3. The lowest BCUT2D eigenvalue weighted by atomic mass is 10.1. The number of thioether (sulfide) groups is 1. The maximum atomic E-state index is 13.2. The highest BCUT2D eigenvalue weighted by atomic mass is 32.2. The SMILES string of the molecule is Cc1cccc(C)c1NC(=O)CSc1nnc2c3cc(-c4ccc(F)cc4)nn3ccn12. The minimum atomic E-state index is -0.291. The molecule has 2 aromatic carbocycles. The number of anilines is 1. The zero-order chi connectivity index (χ0) is 22.2. The maximum absolute atomic E-state index is 13.2. The third-order valence-electron chi connectivity index (χ3n) is 5.20. The first-order valence-electron chi connectivity index (χ1n) is 9.97. The van der Waals surface area contributed by atoms with Crippen LogP contribution in [0.5, 0.6) is 0 Å². The van der Waals surface area contributed by atoms with Crippen LogP contribution in [0.2, 0.25) is 0 Å². The van der Waals surface area contributed by atoms with E-state index < -0.39 is 0 Å². The number of aryl methyl sites for hydroxylation is 2. The van der Waals surface area contributed by atoms with E-state index in [1.807, 2.05) is 48.7 Å². The Morgan fingerprint density at radius 1 is 1.06 bits per heavy atom. The second-order valence-corrected chi connectivity index (χ2v) is 8.39. The first-order chi connectivity index (χ1) is 15.5. The van der Waals surface area contributed by atoms with E-state index in [1.54, 1.807) is 22.8 Å². The van der Waals surface area contributed by atoms with E-state index in [-0.39, 0.29) is 17.5 Å². The fourth-order valence-electron chi connectivity index (χ4n) is 3.57. The van der Waals surface area contributed by atoms with Gasteiger partial charge in [-0.05, 0) is 55.3 Å². The van der Waals surface area contributed by atoms with Crippen LogP contribution in [0.15, 0.2) is 66.1 Å². The summed E-state index contributed by atoms with van der Waals surface area (Å²) in [5, 5.41) is 16.7. The molecular weight excluding hydrogens is 427 g/mol. The average Bonchev–Trinajstić information content (AvgIpc) is 3.39. The van der Waals surface area contributed by atoms with Gasteiger partial charge in [0.1, 0.15) is 11.3 Å². The second kappa shape index (κ2) is 8.08. The number of hydrogen-bond donors (Lipinski definition) is 1. The number of halogens is 1. The number of carbonyl (C=O) groups excluding carboxylic acids is 1. The van der Waals surface area contributed by atoms with Gasteiger partial charge in [0, 0.05) is 23.6 Å². The maximum Gasteiger partial charge on any atom is 0.234 e. The van der Waals surface area contributed by atoms with Gasteiger partial charge >= 0.3 is 0 Å². The number of hydrogen-bond acceptors (Lipinski definition) is 5. The van der Waals surface area contributed by atoms with Crippen molar-refractivity contribution in [3.63, 3.8) is 0 Å². The molecule has 3 heterocycles. The molecule has 0 aliphatic heterocycles. The summed E-state index contributed by atoms with van der Waals surface area (Å²) in [7, 11) is 0. The summed E-state index contributed by atoms with van der Waals surface area (Å²) in [4.78, 5) is 12.5. The third kappa shape index (κ3) is 3.71. The number of aromatic nitrogens is 5. The number of benzene rings is 2. The summed E-state index contributed by atoms with van der Waals surface area (Å²) in [5.74, 6) is -0.186. The molecule has 0 unspecified atom stereocenters. The summed E-state index contributed by atoms with van der Waals surface area (Å²) in [6, 6.07) is 14.0. The second-order valence-electron chi connectivity index (χ2n) is 7.44. The Morgan fingerprint density at radius 3 is 2.56 bits per heavy atom. The third-order valence-corrected chi connectivity index (χ3v) is 6.15. The molecule has 0 aliphatic rings. The fraction of sp³-hybridized carbons (Fsp3) is 0.130. The van der Waals surface area contributed by atoms with Crippen molar-refractivity contribution in [3.8, 4) is 11.3 Å². The Balaban J connectivity index is 1.38. The van der Waals surface area contributed by atoms with Crippen molar-refractivity contribution in [3.05, 3.63) is 77.9 Å². The van der Waals surface area contributed by atoms with Crippen LogP contribution in [-0.2, 0) is 4.79 Å². The standard InChI is InChI=1S/C23H19FN6OS/c1-14-4-3-5-15(2)21(14)25-20(31)13-32-23-27-26-22-19-12-18(16-6-8-17(24)9-7-16)28-30(19)11-10-29(22)23/h3-12H,13H2,1-2H3,(H,25,31). The zero-order valence-electron chi connectivity index (χ0n) is 17.4. The minimum absolute atomic E-state index is 0.104. The van der Waals surface area contributed by atoms with E-state index in [2.05, 4.69) is 20.6 Å². The van der Waals surface area contributed by atoms with Gasteiger partial charge in [-0.15, -0.1) is 10.2 Å². The van der Waals surface area contributed by atoms with Gasteiger partial charge in [0.05, 0.1) is 11.4 Å². The molecule has 0 bridgehead atoms. The summed E-state index contributed by atoms with van der Waals surface area (Å²) in [6.45, 7) is 3.94. The van der Waals surface area contributed by atoms with Crippen molar-refractivity contribution >= 4 is 34.5 Å². The van der Waals surface area contributed by atoms with E-state index in [1.165, 1.54) is 23.9 Å². The number of para-hydroxylation sites is 1. The molecule has 9 heteroatoms. The molecule has 5 aromatic rings. The van der Waals surface area contributed by atoms with Gasteiger partial charge in [0.2, 0.25) is 5.91 Å². The number of carbonyl (C=O) groups is 1. The predicted octanol–water partition coefficient (Wildman–Crippen LogP) is 4.53. The Bertz CT molecular complexity index is 1440. The van der Waals surface area contributed by atoms with Gasteiger partial charge < -0.3 is 5.32 Å². The van der Waals surface area contributed by atoms with Gasteiger partial charge in [0.15, 0.2) is 10.8 Å². The Hall–Kier alpha value is -3.72. The molecule has 1 N–H and O–H groups in total. The van der Waals surface area contributed by atoms with Gasteiger partial charge in [-0.25, -0.2) is 8.91 Å². The molecule has 1 amide bonds. The highest BCUT2D eigenvalue weighted by Crippen LogP contribution is 2.25. The van der Waals surface area contributed by atoms with Crippen LogP contribution in [0, 0.1) is 19.7 Å². The zero-order valence-corrected chi connectivity index (χ0v) is 18.2. The lowest BCUT2D eigenvalue weighted by Crippen LogP contribution is -2.16. The highest BCUT2D eigenvalue weighted by molar-refractivity contribution is 7.99. The molecule has 5 rings (SSSR count).